The third-order valence-corrected chi connectivity index (χ3v) is 4.69. The fourth-order valence-electron chi connectivity index (χ4n) is 1.49. The summed E-state index contributed by atoms with van der Waals surface area (Å²) in [5, 5.41) is 0.377. The third kappa shape index (κ3) is 5.10. The van der Waals surface area contributed by atoms with Gasteiger partial charge in [0.05, 0.1) is 6.61 Å². The first-order chi connectivity index (χ1) is 9.04. The standard InChI is InChI=1S/C12H20N2O4S2/c1-6-18-11(15)10-8(2)7-9(19-10)13-20(16,17)14-12(3,4)5/h7,13-14H,6H2,1-5H3. The van der Waals surface area contributed by atoms with E-state index in [2.05, 4.69) is 9.44 Å². The van der Waals surface area contributed by atoms with E-state index in [1.54, 1.807) is 40.7 Å². The van der Waals surface area contributed by atoms with E-state index in [9.17, 15) is 13.2 Å². The Morgan fingerprint density at radius 1 is 1.40 bits per heavy atom. The molecule has 0 aliphatic rings. The lowest BCUT2D eigenvalue weighted by Crippen LogP contribution is -2.43. The second-order valence-corrected chi connectivity index (χ2v) is 7.77. The molecule has 1 rings (SSSR count). The van der Waals surface area contributed by atoms with Crippen LogP contribution >= 0.6 is 11.3 Å². The molecule has 0 bridgehead atoms. The Morgan fingerprint density at radius 3 is 2.50 bits per heavy atom. The van der Waals surface area contributed by atoms with Crippen LogP contribution in [0, 0.1) is 6.92 Å². The highest BCUT2D eigenvalue weighted by Gasteiger charge is 2.22. The minimum atomic E-state index is -3.68. The van der Waals surface area contributed by atoms with Crippen LogP contribution in [-0.4, -0.2) is 26.5 Å². The van der Waals surface area contributed by atoms with Crippen LogP contribution in [0.3, 0.4) is 0 Å². The molecule has 0 atom stereocenters. The Morgan fingerprint density at radius 2 is 2.00 bits per heavy atom. The molecular weight excluding hydrogens is 300 g/mol. The highest BCUT2D eigenvalue weighted by atomic mass is 32.2. The molecule has 1 aromatic rings. The van der Waals surface area contributed by atoms with E-state index in [0.717, 1.165) is 11.3 Å². The van der Waals surface area contributed by atoms with Crippen molar-refractivity contribution in [2.24, 2.45) is 0 Å². The number of aryl methyl sites for hydroxylation is 1. The molecule has 0 aliphatic carbocycles. The van der Waals surface area contributed by atoms with E-state index in [0.29, 0.717) is 15.4 Å². The second kappa shape index (κ2) is 6.11. The molecule has 2 N–H and O–H groups in total. The first kappa shape index (κ1) is 16.9. The van der Waals surface area contributed by atoms with Crippen molar-refractivity contribution >= 4 is 32.5 Å². The Balaban J connectivity index is 2.90. The number of hydrogen-bond acceptors (Lipinski definition) is 5. The fraction of sp³-hybridized carbons (Fsp3) is 0.583. The van der Waals surface area contributed by atoms with Gasteiger partial charge in [-0.05, 0) is 46.2 Å². The van der Waals surface area contributed by atoms with E-state index in [-0.39, 0.29) is 6.61 Å². The van der Waals surface area contributed by atoms with Gasteiger partial charge in [-0.3, -0.25) is 4.72 Å². The SMILES string of the molecule is CCOC(=O)c1sc(NS(=O)(=O)NC(C)(C)C)cc1C. The summed E-state index contributed by atoms with van der Waals surface area (Å²) < 4.78 is 33.6. The maximum Gasteiger partial charge on any atom is 0.348 e. The van der Waals surface area contributed by atoms with E-state index in [1.165, 1.54) is 0 Å². The van der Waals surface area contributed by atoms with Crippen molar-refractivity contribution in [1.82, 2.24) is 4.72 Å². The van der Waals surface area contributed by atoms with Gasteiger partial charge < -0.3 is 4.74 Å². The molecule has 0 amide bonds. The summed E-state index contributed by atoms with van der Waals surface area (Å²) in [5.74, 6) is -0.441. The Hall–Kier alpha value is -1.12. The van der Waals surface area contributed by atoms with Crippen LogP contribution in [-0.2, 0) is 14.9 Å². The van der Waals surface area contributed by atoms with Crippen molar-refractivity contribution in [1.29, 1.82) is 0 Å². The van der Waals surface area contributed by atoms with Crippen LogP contribution in [0.5, 0.6) is 0 Å². The van der Waals surface area contributed by atoms with Crippen molar-refractivity contribution in [2.75, 3.05) is 11.3 Å². The van der Waals surface area contributed by atoms with Crippen molar-refractivity contribution in [3.8, 4) is 0 Å². The smallest absolute Gasteiger partial charge is 0.348 e. The third-order valence-electron chi connectivity index (χ3n) is 2.05. The molecule has 114 valence electrons. The van der Waals surface area contributed by atoms with E-state index in [1.807, 2.05) is 0 Å². The topological polar surface area (TPSA) is 84.5 Å². The molecule has 0 saturated carbocycles. The number of thiophene rings is 1. The van der Waals surface area contributed by atoms with Gasteiger partial charge in [-0.2, -0.15) is 13.1 Å². The Bertz CT molecular complexity index is 585. The van der Waals surface area contributed by atoms with Crippen molar-refractivity contribution in [3.05, 3.63) is 16.5 Å². The zero-order valence-electron chi connectivity index (χ0n) is 12.2. The van der Waals surface area contributed by atoms with E-state index < -0.39 is 21.7 Å². The number of anilines is 1. The first-order valence-corrected chi connectivity index (χ1v) is 8.43. The molecule has 8 heteroatoms. The van der Waals surface area contributed by atoms with Gasteiger partial charge in [0.2, 0.25) is 0 Å². The second-order valence-electron chi connectivity index (χ2n) is 5.30. The van der Waals surface area contributed by atoms with Crippen LogP contribution in [0.15, 0.2) is 6.07 Å². The van der Waals surface area contributed by atoms with E-state index in [4.69, 9.17) is 4.74 Å². The Labute approximate surface area is 123 Å². The summed E-state index contributed by atoms with van der Waals surface area (Å²) in [4.78, 5) is 12.1. The molecule has 1 aromatic heterocycles. The van der Waals surface area contributed by atoms with Gasteiger partial charge in [-0.15, -0.1) is 11.3 Å². The normalized spacial score (nSPS) is 12.2. The summed E-state index contributed by atoms with van der Waals surface area (Å²) in [6, 6.07) is 1.61. The van der Waals surface area contributed by atoms with Gasteiger partial charge in [0, 0.05) is 5.54 Å². The van der Waals surface area contributed by atoms with Crippen LogP contribution < -0.4 is 9.44 Å². The van der Waals surface area contributed by atoms with Gasteiger partial charge in [0.25, 0.3) is 10.2 Å². The quantitative estimate of drug-likeness (QED) is 0.815. The minimum absolute atomic E-state index is 0.281. The highest BCUT2D eigenvalue weighted by Crippen LogP contribution is 2.28. The lowest BCUT2D eigenvalue weighted by atomic mass is 10.1. The van der Waals surface area contributed by atoms with Crippen molar-refractivity contribution in [3.63, 3.8) is 0 Å². The molecule has 0 spiro atoms. The van der Waals surface area contributed by atoms with Gasteiger partial charge in [0.15, 0.2) is 0 Å². The van der Waals surface area contributed by atoms with Crippen LogP contribution in [0.1, 0.15) is 42.9 Å². The number of esters is 1. The van der Waals surface area contributed by atoms with Gasteiger partial charge in [-0.25, -0.2) is 4.79 Å². The highest BCUT2D eigenvalue weighted by molar-refractivity contribution is 7.91. The van der Waals surface area contributed by atoms with Crippen LogP contribution in [0.25, 0.3) is 0 Å². The number of nitrogens with one attached hydrogen (secondary N) is 2. The average Bonchev–Trinajstić information content (AvgIpc) is 2.54. The van der Waals surface area contributed by atoms with Crippen LogP contribution in [0.2, 0.25) is 0 Å². The molecule has 0 unspecified atom stereocenters. The number of ether oxygens (including phenoxy) is 1. The lowest BCUT2D eigenvalue weighted by Gasteiger charge is -2.20. The summed E-state index contributed by atoms with van der Waals surface area (Å²) >= 11 is 1.06. The minimum Gasteiger partial charge on any atom is -0.462 e. The predicted molar refractivity (Wildman–Crippen MR) is 80.4 cm³/mol. The maximum absolute atomic E-state index is 11.9. The summed E-state index contributed by atoms with van der Waals surface area (Å²) in [7, 11) is -3.68. The zero-order valence-corrected chi connectivity index (χ0v) is 13.9. The van der Waals surface area contributed by atoms with E-state index >= 15 is 0 Å². The largest absolute Gasteiger partial charge is 0.462 e. The predicted octanol–water partition coefficient (Wildman–Crippen LogP) is 2.28. The summed E-state index contributed by atoms with van der Waals surface area (Å²) in [6.07, 6.45) is 0. The summed E-state index contributed by atoms with van der Waals surface area (Å²) in [5.41, 5.74) is 0.101. The van der Waals surface area contributed by atoms with Gasteiger partial charge in [-0.1, -0.05) is 0 Å². The fourth-order valence-corrected chi connectivity index (χ4v) is 3.99. The molecule has 0 saturated heterocycles. The Kier molecular flexibility index (Phi) is 5.17. The number of carbonyl (C=O) groups is 1. The molecule has 0 fully saturated rings. The van der Waals surface area contributed by atoms with Crippen LogP contribution in [0.4, 0.5) is 5.00 Å². The average molecular weight is 320 g/mol. The molecule has 0 aliphatic heterocycles. The number of hydrogen-bond donors (Lipinski definition) is 2. The lowest BCUT2D eigenvalue weighted by molar-refractivity contribution is 0.0531. The molecular formula is C12H20N2O4S2. The summed E-state index contributed by atoms with van der Waals surface area (Å²) in [6.45, 7) is 8.97. The van der Waals surface area contributed by atoms with Gasteiger partial charge in [0.1, 0.15) is 9.88 Å². The molecule has 1 heterocycles. The molecule has 6 nitrogen and oxygen atoms in total. The number of carbonyl (C=O) groups excluding carboxylic acids is 1. The van der Waals surface area contributed by atoms with Gasteiger partial charge >= 0.3 is 5.97 Å². The molecule has 0 radical (unpaired) electrons. The zero-order chi connectivity index (χ0) is 15.6. The molecule has 0 aromatic carbocycles. The van der Waals surface area contributed by atoms with Crippen molar-refractivity contribution < 1.29 is 17.9 Å². The maximum atomic E-state index is 11.9. The van der Waals surface area contributed by atoms with Crippen molar-refractivity contribution in [2.45, 2.75) is 40.2 Å². The number of rotatable bonds is 5. The molecule has 20 heavy (non-hydrogen) atoms. The first-order valence-electron chi connectivity index (χ1n) is 6.13. The monoisotopic (exact) mass is 320 g/mol.